The number of anilines is 1. The number of nitrogens with zero attached hydrogens (tertiary/aromatic N) is 2. The molecule has 2 aliphatic heterocycles. The second-order valence-electron chi connectivity index (χ2n) is 6.27. The number of rotatable bonds is 5. The van der Waals surface area contributed by atoms with Crippen molar-refractivity contribution in [1.82, 2.24) is 10.4 Å². The van der Waals surface area contributed by atoms with Crippen LogP contribution < -0.4 is 10.3 Å². The van der Waals surface area contributed by atoms with Gasteiger partial charge in [-0.25, -0.2) is 5.43 Å². The minimum atomic E-state index is -0.958. The van der Waals surface area contributed by atoms with Gasteiger partial charge in [-0.1, -0.05) is 17.7 Å². The van der Waals surface area contributed by atoms with Gasteiger partial charge in [0.05, 0.1) is 12.6 Å². The smallest absolute Gasteiger partial charge is 0.276 e. The van der Waals surface area contributed by atoms with E-state index < -0.39 is 5.54 Å². The van der Waals surface area contributed by atoms with Crippen LogP contribution in [-0.4, -0.2) is 41.1 Å². The van der Waals surface area contributed by atoms with Gasteiger partial charge in [0.2, 0.25) is 0 Å². The molecule has 5 nitrogen and oxygen atoms in total. The van der Waals surface area contributed by atoms with Gasteiger partial charge in [0.15, 0.2) is 0 Å². The quantitative estimate of drug-likeness (QED) is 0.799. The highest BCUT2D eigenvalue weighted by Crippen LogP contribution is 2.34. The monoisotopic (exact) mass is 377 g/mol. The number of piperazine rings is 1. The minimum absolute atomic E-state index is 0.0567. The van der Waals surface area contributed by atoms with Crippen LogP contribution in [0.15, 0.2) is 47.5 Å². The van der Waals surface area contributed by atoms with E-state index in [0.29, 0.717) is 23.0 Å². The third kappa shape index (κ3) is 3.47. The summed E-state index contributed by atoms with van der Waals surface area (Å²) in [5.41, 5.74) is 3.60. The van der Waals surface area contributed by atoms with E-state index in [4.69, 9.17) is 11.6 Å². The van der Waals surface area contributed by atoms with Gasteiger partial charge >= 0.3 is 0 Å². The molecule has 1 fully saturated rings. The summed E-state index contributed by atoms with van der Waals surface area (Å²) in [6, 6.07) is 7.03. The zero-order valence-electron chi connectivity index (χ0n) is 14.1. The normalized spacial score (nSPS) is 26.1. The molecular weight excluding hydrogens is 358 g/mol. The SMILES string of the molecule is C/C=C\SCC1C=C2C(=O)N(c3ccc(Cl)cc3)C(C)(C=O)CN2N1. The Morgan fingerprint density at radius 1 is 1.40 bits per heavy atom. The average molecular weight is 378 g/mol. The van der Waals surface area contributed by atoms with Crippen molar-refractivity contribution < 1.29 is 9.59 Å². The van der Waals surface area contributed by atoms with Crippen molar-refractivity contribution in [2.75, 3.05) is 17.2 Å². The predicted molar refractivity (Wildman–Crippen MR) is 102 cm³/mol. The molecule has 2 atom stereocenters. The topological polar surface area (TPSA) is 52.7 Å². The Morgan fingerprint density at radius 3 is 2.76 bits per heavy atom. The second-order valence-corrected chi connectivity index (χ2v) is 7.64. The van der Waals surface area contributed by atoms with Gasteiger partial charge in [-0.15, -0.1) is 11.8 Å². The average Bonchev–Trinajstić information content (AvgIpc) is 2.99. The van der Waals surface area contributed by atoms with E-state index in [1.54, 1.807) is 52.9 Å². The van der Waals surface area contributed by atoms with E-state index in [2.05, 4.69) is 5.43 Å². The molecule has 0 aliphatic carbocycles. The molecule has 1 amide bonds. The molecule has 1 aromatic carbocycles. The number of thioether (sulfide) groups is 1. The lowest BCUT2D eigenvalue weighted by atomic mass is 9.96. The van der Waals surface area contributed by atoms with Crippen LogP contribution in [0.4, 0.5) is 5.69 Å². The number of carbonyl (C=O) groups is 2. The first-order chi connectivity index (χ1) is 12.0. The number of hydrogen-bond acceptors (Lipinski definition) is 5. The molecule has 132 valence electrons. The largest absolute Gasteiger partial charge is 0.301 e. The molecule has 2 aliphatic rings. The van der Waals surface area contributed by atoms with Gasteiger partial charge in [0.1, 0.15) is 17.5 Å². The molecule has 0 saturated carbocycles. The lowest BCUT2D eigenvalue weighted by Crippen LogP contribution is -2.65. The van der Waals surface area contributed by atoms with Crippen LogP contribution in [0.2, 0.25) is 5.02 Å². The summed E-state index contributed by atoms with van der Waals surface area (Å²) in [6.45, 7) is 4.13. The lowest BCUT2D eigenvalue weighted by molar-refractivity contribution is -0.124. The highest BCUT2D eigenvalue weighted by atomic mass is 35.5. The first-order valence-corrected chi connectivity index (χ1v) is 9.46. The molecule has 25 heavy (non-hydrogen) atoms. The molecule has 1 saturated heterocycles. The number of amides is 1. The van der Waals surface area contributed by atoms with Gasteiger partial charge < -0.3 is 9.80 Å². The van der Waals surface area contributed by atoms with Gasteiger partial charge in [0.25, 0.3) is 5.91 Å². The van der Waals surface area contributed by atoms with E-state index in [0.717, 1.165) is 12.0 Å². The highest BCUT2D eigenvalue weighted by molar-refractivity contribution is 8.02. The number of fused-ring (bicyclic) bond motifs is 1. The predicted octanol–water partition coefficient (Wildman–Crippen LogP) is 2.98. The highest BCUT2D eigenvalue weighted by Gasteiger charge is 2.47. The number of allylic oxidation sites excluding steroid dienone is 1. The molecule has 1 aromatic rings. The van der Waals surface area contributed by atoms with E-state index in [1.807, 2.05) is 24.5 Å². The molecule has 0 bridgehead atoms. The van der Waals surface area contributed by atoms with Gasteiger partial charge in [0, 0.05) is 16.5 Å². The van der Waals surface area contributed by atoms with Crippen molar-refractivity contribution in [2.45, 2.75) is 25.4 Å². The first-order valence-electron chi connectivity index (χ1n) is 8.03. The van der Waals surface area contributed by atoms with E-state index in [1.165, 1.54) is 0 Å². The fourth-order valence-electron chi connectivity index (χ4n) is 3.08. The molecular formula is C18H20ClN3O2S. The molecule has 3 rings (SSSR count). The molecule has 2 heterocycles. The van der Waals surface area contributed by atoms with E-state index in [9.17, 15) is 9.59 Å². The second kappa shape index (κ2) is 7.23. The van der Waals surface area contributed by atoms with Crippen LogP contribution >= 0.6 is 23.4 Å². The number of hydrazine groups is 1. The number of halogens is 1. The molecule has 7 heteroatoms. The third-order valence-electron chi connectivity index (χ3n) is 4.23. The summed E-state index contributed by atoms with van der Waals surface area (Å²) < 4.78 is 0. The van der Waals surface area contributed by atoms with Crippen LogP contribution in [-0.2, 0) is 9.59 Å². The van der Waals surface area contributed by atoms with Crippen LogP contribution in [0.5, 0.6) is 0 Å². The Morgan fingerprint density at radius 2 is 2.12 bits per heavy atom. The van der Waals surface area contributed by atoms with E-state index >= 15 is 0 Å². The van der Waals surface area contributed by atoms with E-state index in [-0.39, 0.29) is 11.9 Å². The molecule has 0 spiro atoms. The summed E-state index contributed by atoms with van der Waals surface area (Å²) in [6.07, 6.45) is 4.75. The van der Waals surface area contributed by atoms with Crippen LogP contribution in [0.3, 0.4) is 0 Å². The Balaban J connectivity index is 1.90. The standard InChI is InChI=1S/C18H20ClN3O2S/c1-3-8-25-10-14-9-16-17(24)22(15-6-4-13(19)5-7-15)18(2,12-23)11-21(16)20-14/h3-9,12,14,20H,10-11H2,1-2H3/b8-3-. The number of hydrogen-bond donors (Lipinski definition) is 1. The van der Waals surface area contributed by atoms with Gasteiger partial charge in [-0.2, -0.15) is 0 Å². The zero-order valence-corrected chi connectivity index (χ0v) is 15.7. The molecule has 2 unspecified atom stereocenters. The molecule has 0 radical (unpaired) electrons. The number of carbonyl (C=O) groups excluding carboxylic acids is 2. The van der Waals surface area contributed by atoms with Gasteiger partial charge in [-0.3, -0.25) is 9.69 Å². The Kier molecular flexibility index (Phi) is 5.22. The molecule has 1 N–H and O–H groups in total. The third-order valence-corrected chi connectivity index (χ3v) is 5.50. The number of nitrogens with one attached hydrogen (secondary N) is 1. The lowest BCUT2D eigenvalue weighted by Gasteiger charge is -2.45. The summed E-state index contributed by atoms with van der Waals surface area (Å²) in [7, 11) is 0. The Labute approximate surface area is 156 Å². The van der Waals surface area contributed by atoms with Crippen LogP contribution in [0, 0.1) is 0 Å². The fraction of sp³-hybridized carbons (Fsp3) is 0.333. The first kappa shape index (κ1) is 18.0. The number of aldehydes is 1. The van der Waals surface area contributed by atoms with Crippen molar-refractivity contribution in [3.8, 4) is 0 Å². The number of benzene rings is 1. The van der Waals surface area contributed by atoms with Crippen molar-refractivity contribution in [2.24, 2.45) is 0 Å². The Bertz CT molecular complexity index is 734. The Hall–Kier alpha value is -1.76. The maximum atomic E-state index is 13.1. The van der Waals surface area contributed by atoms with Crippen LogP contribution in [0.1, 0.15) is 13.8 Å². The van der Waals surface area contributed by atoms with Crippen molar-refractivity contribution in [1.29, 1.82) is 0 Å². The summed E-state index contributed by atoms with van der Waals surface area (Å²) in [4.78, 5) is 26.5. The zero-order chi connectivity index (χ0) is 18.0. The maximum absolute atomic E-state index is 13.1. The summed E-state index contributed by atoms with van der Waals surface area (Å²) in [5.74, 6) is 0.630. The summed E-state index contributed by atoms with van der Waals surface area (Å²) >= 11 is 7.63. The summed E-state index contributed by atoms with van der Waals surface area (Å²) in [5, 5.41) is 4.41. The van der Waals surface area contributed by atoms with Crippen molar-refractivity contribution >= 4 is 41.2 Å². The van der Waals surface area contributed by atoms with Crippen LogP contribution in [0.25, 0.3) is 0 Å². The van der Waals surface area contributed by atoms with Gasteiger partial charge in [-0.05, 0) is 49.6 Å². The minimum Gasteiger partial charge on any atom is -0.301 e. The molecule has 0 aromatic heterocycles. The maximum Gasteiger partial charge on any atom is 0.276 e. The van der Waals surface area contributed by atoms with Crippen molar-refractivity contribution in [3.05, 3.63) is 52.5 Å². The fourth-order valence-corrected chi connectivity index (χ4v) is 3.88. The van der Waals surface area contributed by atoms with Crippen molar-refractivity contribution in [3.63, 3.8) is 0 Å².